The van der Waals surface area contributed by atoms with Gasteiger partial charge in [-0.05, 0) is 35.8 Å². The first-order valence-corrected chi connectivity index (χ1v) is 9.29. The molecule has 2 nitrogen and oxygen atoms in total. The largest absolute Gasteiger partial charge is 0.261 e. The predicted octanol–water partition coefficient (Wildman–Crippen LogP) is 4.74. The van der Waals surface area contributed by atoms with Crippen molar-refractivity contribution in [3.05, 3.63) is 58.7 Å². The molecule has 0 saturated heterocycles. The summed E-state index contributed by atoms with van der Waals surface area (Å²) in [5, 5.41) is 5.40. The van der Waals surface area contributed by atoms with E-state index in [4.69, 9.17) is 0 Å². The van der Waals surface area contributed by atoms with E-state index in [-0.39, 0.29) is 0 Å². The molecule has 0 bridgehead atoms. The van der Waals surface area contributed by atoms with Gasteiger partial charge in [-0.25, -0.2) is 4.98 Å². The van der Waals surface area contributed by atoms with Crippen LogP contribution in [0.25, 0.3) is 9.88 Å². The van der Waals surface area contributed by atoms with Gasteiger partial charge in [-0.3, -0.25) is 4.98 Å². The lowest BCUT2D eigenvalue weighted by molar-refractivity contribution is 1.04. The molecule has 3 heterocycles. The van der Waals surface area contributed by atoms with Crippen molar-refractivity contribution in [2.24, 2.45) is 0 Å². The molecule has 0 N–H and O–H groups in total. The third-order valence-electron chi connectivity index (χ3n) is 2.76. The third-order valence-corrected chi connectivity index (χ3v) is 5.69. The molecule has 0 aliphatic heterocycles. The highest BCUT2D eigenvalue weighted by atomic mass is 32.2. The molecule has 0 aromatic carbocycles. The number of aryl methyl sites for hydroxylation is 1. The Morgan fingerprint density at radius 3 is 2.85 bits per heavy atom. The summed E-state index contributed by atoms with van der Waals surface area (Å²) in [7, 11) is 0. The molecule has 0 amide bonds. The zero-order valence-electron chi connectivity index (χ0n) is 10.9. The normalized spacial score (nSPS) is 10.8. The van der Waals surface area contributed by atoms with Gasteiger partial charge in [0.05, 0.1) is 10.6 Å². The maximum absolute atomic E-state index is 4.69. The Morgan fingerprint density at radius 1 is 1.05 bits per heavy atom. The van der Waals surface area contributed by atoms with Crippen molar-refractivity contribution in [2.75, 3.05) is 5.75 Å². The molecule has 0 aliphatic rings. The van der Waals surface area contributed by atoms with Gasteiger partial charge in [0, 0.05) is 23.0 Å². The van der Waals surface area contributed by atoms with Crippen LogP contribution >= 0.6 is 34.4 Å². The lowest BCUT2D eigenvalue weighted by atomic mass is 10.3. The minimum atomic E-state index is 0.981. The van der Waals surface area contributed by atoms with Crippen molar-refractivity contribution in [2.45, 2.75) is 12.2 Å². The van der Waals surface area contributed by atoms with Gasteiger partial charge in [-0.2, -0.15) is 11.8 Å². The number of thiazole rings is 1. The second-order valence-electron chi connectivity index (χ2n) is 4.24. The maximum Gasteiger partial charge on any atom is 0.133 e. The minimum Gasteiger partial charge on any atom is -0.261 e. The van der Waals surface area contributed by atoms with Crippen LogP contribution in [0.2, 0.25) is 0 Å². The van der Waals surface area contributed by atoms with Gasteiger partial charge < -0.3 is 0 Å². The standard InChI is InChI=1S/C15H14N2S3/c1-2-7-16-12(4-1)6-9-18-10-13-11-20-15(17-13)14-5-3-8-19-14/h1-5,7-8,11H,6,9-10H2. The van der Waals surface area contributed by atoms with Crippen molar-refractivity contribution >= 4 is 34.4 Å². The smallest absolute Gasteiger partial charge is 0.133 e. The molecule has 5 heteroatoms. The molecule has 102 valence electrons. The predicted molar refractivity (Wildman–Crippen MR) is 89.5 cm³/mol. The number of rotatable bonds is 6. The van der Waals surface area contributed by atoms with E-state index >= 15 is 0 Å². The number of pyridine rings is 1. The van der Waals surface area contributed by atoms with E-state index in [2.05, 4.69) is 38.9 Å². The van der Waals surface area contributed by atoms with Crippen LogP contribution in [0.5, 0.6) is 0 Å². The summed E-state index contributed by atoms with van der Waals surface area (Å²) < 4.78 is 0. The van der Waals surface area contributed by atoms with Crippen LogP contribution in [-0.4, -0.2) is 15.7 Å². The summed E-state index contributed by atoms with van der Waals surface area (Å²) in [4.78, 5) is 10.3. The number of hydrogen-bond donors (Lipinski definition) is 0. The van der Waals surface area contributed by atoms with Gasteiger partial charge in [0.15, 0.2) is 0 Å². The van der Waals surface area contributed by atoms with E-state index in [0.29, 0.717) is 0 Å². The molecule has 20 heavy (non-hydrogen) atoms. The number of thiophene rings is 1. The van der Waals surface area contributed by atoms with E-state index in [1.807, 2.05) is 30.1 Å². The number of aromatic nitrogens is 2. The fraction of sp³-hybridized carbons (Fsp3) is 0.200. The van der Waals surface area contributed by atoms with E-state index in [1.165, 1.54) is 10.6 Å². The number of thioether (sulfide) groups is 1. The van der Waals surface area contributed by atoms with Crippen molar-refractivity contribution < 1.29 is 0 Å². The summed E-state index contributed by atoms with van der Waals surface area (Å²) in [5.74, 6) is 2.07. The molecule has 3 aromatic heterocycles. The van der Waals surface area contributed by atoms with E-state index in [9.17, 15) is 0 Å². The van der Waals surface area contributed by atoms with Gasteiger partial charge in [0.2, 0.25) is 0 Å². The Hall–Kier alpha value is -1.17. The molecular weight excluding hydrogens is 304 g/mol. The summed E-state index contributed by atoms with van der Waals surface area (Å²) in [6.45, 7) is 0. The van der Waals surface area contributed by atoms with Crippen LogP contribution in [-0.2, 0) is 12.2 Å². The summed E-state index contributed by atoms with van der Waals surface area (Å²) in [5.41, 5.74) is 2.35. The van der Waals surface area contributed by atoms with Gasteiger partial charge in [-0.1, -0.05) is 12.1 Å². The van der Waals surface area contributed by atoms with Gasteiger partial charge in [0.1, 0.15) is 5.01 Å². The molecule has 3 aromatic rings. The molecule has 0 radical (unpaired) electrons. The fourth-order valence-corrected chi connectivity index (χ4v) is 4.38. The second kappa shape index (κ2) is 7.02. The molecule has 0 atom stereocenters. The molecule has 0 saturated carbocycles. The molecule has 0 aliphatic carbocycles. The first-order chi connectivity index (χ1) is 9.92. The van der Waals surface area contributed by atoms with Crippen LogP contribution in [0.1, 0.15) is 11.4 Å². The average Bonchev–Trinajstić information content (AvgIpc) is 3.15. The average molecular weight is 318 g/mol. The van der Waals surface area contributed by atoms with E-state index < -0.39 is 0 Å². The van der Waals surface area contributed by atoms with Crippen molar-refractivity contribution in [1.29, 1.82) is 0 Å². The Labute approximate surface area is 130 Å². The highest BCUT2D eigenvalue weighted by Crippen LogP contribution is 2.28. The molecule has 0 unspecified atom stereocenters. The highest BCUT2D eigenvalue weighted by molar-refractivity contribution is 7.98. The highest BCUT2D eigenvalue weighted by Gasteiger charge is 2.05. The Balaban J connectivity index is 1.47. The lowest BCUT2D eigenvalue weighted by Crippen LogP contribution is -1.92. The monoisotopic (exact) mass is 318 g/mol. The van der Waals surface area contributed by atoms with Crippen LogP contribution in [0.3, 0.4) is 0 Å². The van der Waals surface area contributed by atoms with Crippen molar-refractivity contribution in [3.8, 4) is 9.88 Å². The third kappa shape index (κ3) is 3.69. The lowest BCUT2D eigenvalue weighted by Gasteiger charge is -1.99. The van der Waals surface area contributed by atoms with Crippen LogP contribution in [0.15, 0.2) is 47.3 Å². The Bertz CT molecular complexity index is 632. The maximum atomic E-state index is 4.69. The fourth-order valence-electron chi connectivity index (χ4n) is 1.79. The first-order valence-electron chi connectivity index (χ1n) is 6.38. The Morgan fingerprint density at radius 2 is 2.05 bits per heavy atom. The summed E-state index contributed by atoms with van der Waals surface area (Å²) in [6.07, 6.45) is 2.88. The van der Waals surface area contributed by atoms with Crippen LogP contribution in [0.4, 0.5) is 0 Å². The van der Waals surface area contributed by atoms with Crippen LogP contribution in [0, 0.1) is 0 Å². The number of hydrogen-bond acceptors (Lipinski definition) is 5. The van der Waals surface area contributed by atoms with Gasteiger partial charge in [0.25, 0.3) is 0 Å². The molecular formula is C15H14N2S3. The van der Waals surface area contributed by atoms with Crippen LogP contribution < -0.4 is 0 Å². The molecule has 3 rings (SSSR count). The zero-order chi connectivity index (χ0) is 13.6. The van der Waals surface area contributed by atoms with Crippen molar-refractivity contribution in [1.82, 2.24) is 9.97 Å². The quantitative estimate of drug-likeness (QED) is 0.614. The molecule has 0 spiro atoms. The topological polar surface area (TPSA) is 25.8 Å². The minimum absolute atomic E-state index is 0.981. The number of nitrogens with zero attached hydrogens (tertiary/aromatic N) is 2. The van der Waals surface area contributed by atoms with E-state index in [1.54, 1.807) is 22.7 Å². The zero-order valence-corrected chi connectivity index (χ0v) is 13.3. The van der Waals surface area contributed by atoms with Gasteiger partial charge >= 0.3 is 0 Å². The van der Waals surface area contributed by atoms with Gasteiger partial charge in [-0.15, -0.1) is 22.7 Å². The summed E-state index contributed by atoms with van der Waals surface area (Å²) in [6, 6.07) is 10.3. The second-order valence-corrected chi connectivity index (χ2v) is 7.16. The first kappa shape index (κ1) is 13.8. The Kier molecular flexibility index (Phi) is 4.84. The summed E-state index contributed by atoms with van der Waals surface area (Å²) >= 11 is 5.40. The molecule has 0 fully saturated rings. The van der Waals surface area contributed by atoms with E-state index in [0.717, 1.165) is 28.6 Å². The van der Waals surface area contributed by atoms with Crippen molar-refractivity contribution in [3.63, 3.8) is 0 Å². The SMILES string of the molecule is c1ccc(CCSCc2csc(-c3cccs3)n2)nc1.